The van der Waals surface area contributed by atoms with E-state index in [-0.39, 0.29) is 5.41 Å². The molecule has 0 aromatic heterocycles. The fourth-order valence-corrected chi connectivity index (χ4v) is 0. The van der Waals surface area contributed by atoms with Gasteiger partial charge in [0.2, 0.25) is 0 Å². The second kappa shape index (κ2) is 1.00. The fraction of sp³-hybridized carbons (Fsp3) is 0.400. The highest BCUT2D eigenvalue weighted by atomic mass is 14.0. The van der Waals surface area contributed by atoms with Gasteiger partial charge in [0.15, 0.2) is 0 Å². The maximum atomic E-state index is 3.55. The maximum absolute atomic E-state index is 3.55. The smallest absolute Gasteiger partial charge is 0.138 e. The van der Waals surface area contributed by atoms with Crippen molar-refractivity contribution in [3.63, 3.8) is 0 Å². The van der Waals surface area contributed by atoms with Crippen LogP contribution in [0.2, 0.25) is 0 Å². The number of hydrogen-bond donors (Lipinski definition) is 0. The first-order valence-corrected chi connectivity index (χ1v) is 1.56. The van der Waals surface area contributed by atoms with E-state index in [9.17, 15) is 0 Å². The summed E-state index contributed by atoms with van der Waals surface area (Å²) in [6, 6.07) is 0. The Morgan fingerprint density at radius 2 is 1.20 bits per heavy atom. The van der Waals surface area contributed by atoms with Crippen LogP contribution >= 0.6 is 0 Å². The van der Waals surface area contributed by atoms with Crippen molar-refractivity contribution in [1.29, 1.82) is 0 Å². The van der Waals surface area contributed by atoms with E-state index < -0.39 is 0 Å². The van der Waals surface area contributed by atoms with Gasteiger partial charge in [-0.1, -0.05) is 0 Å². The predicted molar refractivity (Wildman–Crippen MR) is 24.2 cm³/mol. The topological polar surface area (TPSA) is 0 Å². The van der Waals surface area contributed by atoms with Crippen molar-refractivity contribution >= 4 is 0 Å². The second-order valence-electron chi connectivity index (χ2n) is 1.81. The molecular weight excluding hydrogens is 60.1 g/mol. The first kappa shape index (κ1) is 5.00. The van der Waals surface area contributed by atoms with Crippen molar-refractivity contribution in [2.45, 2.75) is 6.92 Å². The first-order valence-electron chi connectivity index (χ1n) is 1.56. The monoisotopic (exact) mass is 69.1 g/mol. The molecule has 0 aliphatic heterocycles. The predicted octanol–water partition coefficient (Wildman–Crippen LogP) is 1.49. The lowest BCUT2D eigenvalue weighted by Crippen LogP contribution is -1.95. The van der Waals surface area contributed by atoms with Crippen LogP contribution in [0.25, 0.3) is 0 Å². The van der Waals surface area contributed by atoms with Crippen molar-refractivity contribution in [3.8, 4) is 0 Å². The normalized spacial score (nSPS) is 12.0. The highest BCUT2D eigenvalue weighted by Gasteiger charge is 1.62. The van der Waals surface area contributed by atoms with Gasteiger partial charge in [-0.15, -0.1) is 6.92 Å². The molecule has 0 unspecified atom stereocenters. The summed E-state index contributed by atoms with van der Waals surface area (Å²) >= 11 is 0. The van der Waals surface area contributed by atoms with Crippen molar-refractivity contribution < 1.29 is 0 Å². The van der Waals surface area contributed by atoms with Crippen molar-refractivity contribution in [2.24, 2.45) is 5.41 Å². The summed E-state index contributed by atoms with van der Waals surface area (Å²) in [7, 11) is 0. The van der Waals surface area contributed by atoms with Crippen molar-refractivity contribution in [3.05, 3.63) is 20.8 Å². The van der Waals surface area contributed by atoms with Gasteiger partial charge in [-0.2, -0.15) is 0 Å². The molecule has 0 N–H and O–H groups in total. The molecule has 0 aromatic carbocycles. The lowest BCUT2D eigenvalue weighted by molar-refractivity contribution is 0.701. The molecule has 0 heterocycles. The largest absolute Gasteiger partial charge is 0.437 e. The molecule has 0 saturated heterocycles. The summed E-state index contributed by atoms with van der Waals surface area (Å²) in [5.74, 6) is 0. The quantitative estimate of drug-likeness (QED) is 0.378. The van der Waals surface area contributed by atoms with E-state index in [1.807, 2.05) is 6.92 Å². The number of rotatable bonds is 0. The zero-order valence-electron chi connectivity index (χ0n) is 3.62. The molecule has 0 saturated carbocycles. The third-order valence-corrected chi connectivity index (χ3v) is 0. The molecule has 0 fully saturated rings. The van der Waals surface area contributed by atoms with E-state index in [1.165, 1.54) is 0 Å². The lowest BCUT2D eigenvalue weighted by Gasteiger charge is -2.39. The Labute approximate surface area is 34.2 Å². The van der Waals surface area contributed by atoms with Crippen molar-refractivity contribution in [1.82, 2.24) is 0 Å². The molecule has 0 heteroatoms. The van der Waals surface area contributed by atoms with Gasteiger partial charge in [0.1, 0.15) is 0 Å². The van der Waals surface area contributed by atoms with Gasteiger partial charge in [-0.3, -0.25) is 0 Å². The molecule has 0 aromatic rings. The minimum atomic E-state index is -0.250. The van der Waals surface area contributed by atoms with Crippen LogP contribution in [0.3, 0.4) is 0 Å². The van der Waals surface area contributed by atoms with E-state index in [0.29, 0.717) is 0 Å². The molecule has 5 heavy (non-hydrogen) atoms. The summed E-state index contributed by atoms with van der Waals surface area (Å²) in [6.07, 6.45) is 0. The van der Waals surface area contributed by atoms with Gasteiger partial charge in [0.05, 0.1) is 0 Å². The molecule has 0 nitrogen and oxygen atoms in total. The van der Waals surface area contributed by atoms with Crippen LogP contribution in [0.1, 0.15) is 6.92 Å². The molecule has 0 amide bonds. The Hall–Kier alpha value is 0. The number of hydrogen-bond acceptors (Lipinski definition) is 0. The van der Waals surface area contributed by atoms with Crippen LogP contribution in [0.15, 0.2) is 0 Å². The van der Waals surface area contributed by atoms with Crippen LogP contribution in [-0.4, -0.2) is 0 Å². The molecule has 0 aliphatic rings. The van der Waals surface area contributed by atoms with Gasteiger partial charge in [-0.05, 0) is 0 Å². The SMILES string of the molecule is [CH2-]C([CH2-])([CH2-])C. The molecule has 0 bridgehead atoms. The minimum Gasteiger partial charge on any atom is -0.437 e. The Morgan fingerprint density at radius 3 is 1.20 bits per heavy atom. The van der Waals surface area contributed by atoms with Crippen LogP contribution < -0.4 is 0 Å². The van der Waals surface area contributed by atoms with Gasteiger partial charge in [-0.25, -0.2) is 0 Å². The molecule has 32 valence electrons. The fourth-order valence-electron chi connectivity index (χ4n) is 0. The molecule has 0 rings (SSSR count). The molecule has 0 atom stereocenters. The second-order valence-corrected chi connectivity index (χ2v) is 1.81. The van der Waals surface area contributed by atoms with Crippen molar-refractivity contribution in [2.75, 3.05) is 0 Å². The zero-order valence-corrected chi connectivity index (χ0v) is 3.62. The first-order chi connectivity index (χ1) is 2.00. The highest BCUT2D eigenvalue weighted by molar-refractivity contribution is 4.80. The third kappa shape index (κ3) is 0. The Balaban J connectivity index is 3.02. The van der Waals surface area contributed by atoms with Gasteiger partial charge < -0.3 is 26.2 Å². The van der Waals surface area contributed by atoms with E-state index >= 15 is 0 Å². The Kier molecular flexibility index (Phi) is 1.00. The molecule has 0 radical (unpaired) electrons. The summed E-state index contributed by atoms with van der Waals surface area (Å²) < 4.78 is 0. The highest BCUT2D eigenvalue weighted by Crippen LogP contribution is 2.05. The summed E-state index contributed by atoms with van der Waals surface area (Å²) in [5.41, 5.74) is -0.250. The van der Waals surface area contributed by atoms with Gasteiger partial charge in [0, 0.05) is 0 Å². The Bertz CT molecular complexity index is 15.5. The Morgan fingerprint density at radius 1 is 1.20 bits per heavy atom. The van der Waals surface area contributed by atoms with Crippen LogP contribution in [0, 0.1) is 26.2 Å². The van der Waals surface area contributed by atoms with Crippen LogP contribution in [0.4, 0.5) is 0 Å². The lowest BCUT2D eigenvalue weighted by atomic mass is 10.0. The third-order valence-electron chi connectivity index (χ3n) is 0. The van der Waals surface area contributed by atoms with Crippen LogP contribution in [0.5, 0.6) is 0 Å². The molecule has 0 aliphatic carbocycles. The van der Waals surface area contributed by atoms with E-state index in [4.69, 9.17) is 0 Å². The average Bonchev–Trinajstić information content (AvgIpc) is 0.722. The zero-order chi connectivity index (χ0) is 4.50. The average molecular weight is 69.1 g/mol. The molecule has 0 spiro atoms. The standard InChI is InChI=1S/C5H9/c1-5(2,3)4/h1-3H2,4H3/q-3. The summed E-state index contributed by atoms with van der Waals surface area (Å²) in [4.78, 5) is 0. The van der Waals surface area contributed by atoms with Crippen LogP contribution in [-0.2, 0) is 0 Å². The van der Waals surface area contributed by atoms with Gasteiger partial charge in [0.25, 0.3) is 0 Å². The van der Waals surface area contributed by atoms with E-state index in [2.05, 4.69) is 20.8 Å². The van der Waals surface area contributed by atoms with Gasteiger partial charge >= 0.3 is 0 Å². The molecular formula is C5H9-3. The van der Waals surface area contributed by atoms with E-state index in [0.717, 1.165) is 0 Å². The maximum Gasteiger partial charge on any atom is -0.138 e. The summed E-state index contributed by atoms with van der Waals surface area (Å²) in [6.45, 7) is 12.5. The van der Waals surface area contributed by atoms with E-state index in [1.54, 1.807) is 0 Å². The summed E-state index contributed by atoms with van der Waals surface area (Å²) in [5, 5.41) is 0. The minimum absolute atomic E-state index is 0.250.